The van der Waals surface area contributed by atoms with Crippen molar-refractivity contribution in [3.8, 4) is 22.7 Å². The molecule has 206 valence electrons. The lowest BCUT2D eigenvalue weighted by molar-refractivity contribution is -0.132. The zero-order valence-corrected chi connectivity index (χ0v) is 24.4. The van der Waals surface area contributed by atoms with Gasteiger partial charge < -0.3 is 14.1 Å². The number of fused-ring (bicyclic) bond motifs is 1. The number of carbonyl (C=O) groups is 1. The van der Waals surface area contributed by atoms with Gasteiger partial charge in [0.1, 0.15) is 17.2 Å². The van der Waals surface area contributed by atoms with E-state index in [0.717, 1.165) is 61.4 Å². The number of hydrogen-bond donors (Lipinski definition) is 2. The molecule has 0 saturated heterocycles. The number of carboxylic acids is 1. The van der Waals surface area contributed by atoms with E-state index in [4.69, 9.17) is 4.42 Å². The number of imidazole rings is 1. The van der Waals surface area contributed by atoms with Crippen LogP contribution in [0.2, 0.25) is 0 Å². The topological polar surface area (TPSA) is 123 Å². The van der Waals surface area contributed by atoms with Crippen LogP contribution in [0.15, 0.2) is 80.6 Å². The van der Waals surface area contributed by atoms with Gasteiger partial charge >= 0.3 is 5.97 Å². The highest BCUT2D eigenvalue weighted by Crippen LogP contribution is 2.41. The van der Waals surface area contributed by atoms with E-state index in [9.17, 15) is 9.90 Å². The maximum atomic E-state index is 12.1. The molecular formula is C30H25BrN6O3S. The third kappa shape index (κ3) is 5.50. The highest BCUT2D eigenvalue weighted by Gasteiger charge is 2.20. The van der Waals surface area contributed by atoms with E-state index in [-0.39, 0.29) is 0 Å². The van der Waals surface area contributed by atoms with Crippen LogP contribution in [0, 0.1) is 0 Å². The molecule has 2 N–H and O–H groups in total. The standard InChI is InChI=1S/C30H25BrN6O3S/c1-2-6-26-32-16-20(14-19(30(38)39)15-21-7-5-12-41-21)37(26)17-18-10-11-25-24(13-18)27(31)28(40-25)22-8-3-4-9-23(22)29-33-35-36-34-29/h3-5,7-14,16H,2,6,15,17H2,1H3,(H,38,39)(H,33,34,35,36)/b19-14+. The van der Waals surface area contributed by atoms with E-state index in [1.807, 2.05) is 53.9 Å². The van der Waals surface area contributed by atoms with Gasteiger partial charge in [0, 0.05) is 46.3 Å². The number of aromatic amines is 1. The number of thiophene rings is 1. The number of aryl methyl sites for hydroxylation is 1. The Hall–Kier alpha value is -4.35. The van der Waals surface area contributed by atoms with Crippen molar-refractivity contribution >= 4 is 50.3 Å². The molecule has 0 spiro atoms. The second-order valence-corrected chi connectivity index (χ2v) is 11.4. The number of nitrogens with zero attached hydrogens (tertiary/aromatic N) is 5. The predicted molar refractivity (Wildman–Crippen MR) is 161 cm³/mol. The van der Waals surface area contributed by atoms with Gasteiger partial charge in [-0.15, -0.1) is 16.4 Å². The van der Waals surface area contributed by atoms with E-state index in [1.165, 1.54) is 0 Å². The van der Waals surface area contributed by atoms with Crippen LogP contribution in [0.3, 0.4) is 0 Å². The van der Waals surface area contributed by atoms with Gasteiger partial charge in [0.25, 0.3) is 0 Å². The molecule has 0 saturated carbocycles. The number of benzene rings is 2. The minimum absolute atomic E-state index is 0.329. The number of nitrogens with one attached hydrogen (secondary N) is 1. The molecule has 2 aromatic carbocycles. The Morgan fingerprint density at radius 1 is 1.17 bits per heavy atom. The number of aliphatic carboxylic acids is 1. The number of H-pyrrole nitrogens is 1. The fraction of sp³-hybridized carbons (Fsp3) is 0.167. The molecule has 0 amide bonds. The van der Waals surface area contributed by atoms with Crippen molar-refractivity contribution in [3.05, 3.63) is 98.2 Å². The van der Waals surface area contributed by atoms with Crippen molar-refractivity contribution < 1.29 is 14.3 Å². The lowest BCUT2D eigenvalue weighted by atomic mass is 10.0. The SMILES string of the molecule is CCCc1ncc(/C=C(\Cc2cccs2)C(=O)O)n1Cc1ccc2oc(-c3ccccc3-c3nnn[nH]3)c(Br)c2c1. The third-order valence-electron chi connectivity index (χ3n) is 6.79. The number of hydrogen-bond acceptors (Lipinski definition) is 7. The van der Waals surface area contributed by atoms with Crippen LogP contribution in [-0.4, -0.2) is 41.3 Å². The molecular weight excluding hydrogens is 604 g/mol. The highest BCUT2D eigenvalue weighted by molar-refractivity contribution is 9.10. The molecule has 6 aromatic rings. The summed E-state index contributed by atoms with van der Waals surface area (Å²) in [7, 11) is 0. The van der Waals surface area contributed by atoms with Crippen molar-refractivity contribution in [1.29, 1.82) is 0 Å². The van der Waals surface area contributed by atoms with Gasteiger partial charge in [-0.05, 0) is 68.0 Å². The van der Waals surface area contributed by atoms with Gasteiger partial charge in [0.05, 0.1) is 16.4 Å². The molecule has 0 radical (unpaired) electrons. The van der Waals surface area contributed by atoms with Crippen LogP contribution in [0.25, 0.3) is 39.8 Å². The molecule has 4 aromatic heterocycles. The van der Waals surface area contributed by atoms with E-state index < -0.39 is 5.97 Å². The molecule has 9 nitrogen and oxygen atoms in total. The molecule has 4 heterocycles. The summed E-state index contributed by atoms with van der Waals surface area (Å²) in [5.74, 6) is 1.22. The number of furan rings is 1. The Kier molecular flexibility index (Phi) is 7.62. The number of halogens is 1. The third-order valence-corrected chi connectivity index (χ3v) is 8.45. The van der Waals surface area contributed by atoms with E-state index >= 15 is 0 Å². The summed E-state index contributed by atoms with van der Waals surface area (Å²) in [5.41, 5.74) is 4.56. The summed E-state index contributed by atoms with van der Waals surface area (Å²) in [6.07, 6.45) is 5.59. The fourth-order valence-electron chi connectivity index (χ4n) is 4.85. The first-order valence-electron chi connectivity index (χ1n) is 13.1. The second-order valence-electron chi connectivity index (χ2n) is 9.54. The Labute approximate surface area is 247 Å². The van der Waals surface area contributed by atoms with Gasteiger partial charge in [0.2, 0.25) is 0 Å². The molecule has 41 heavy (non-hydrogen) atoms. The van der Waals surface area contributed by atoms with Crippen LogP contribution in [0.4, 0.5) is 0 Å². The van der Waals surface area contributed by atoms with Gasteiger partial charge in [-0.1, -0.05) is 43.3 Å². The Morgan fingerprint density at radius 3 is 2.76 bits per heavy atom. The van der Waals surface area contributed by atoms with Crippen LogP contribution < -0.4 is 0 Å². The normalized spacial score (nSPS) is 11.9. The van der Waals surface area contributed by atoms with Gasteiger partial charge in [-0.2, -0.15) is 0 Å². The van der Waals surface area contributed by atoms with Crippen molar-refractivity contribution in [2.24, 2.45) is 0 Å². The summed E-state index contributed by atoms with van der Waals surface area (Å²) in [6.45, 7) is 2.65. The quantitative estimate of drug-likeness (QED) is 0.156. The first-order valence-corrected chi connectivity index (χ1v) is 14.7. The molecule has 0 bridgehead atoms. The molecule has 0 aliphatic rings. The Bertz CT molecular complexity index is 1850. The summed E-state index contributed by atoms with van der Waals surface area (Å²) < 4.78 is 9.24. The first kappa shape index (κ1) is 26.9. The molecule has 0 fully saturated rings. The van der Waals surface area contributed by atoms with Gasteiger partial charge in [-0.3, -0.25) is 0 Å². The van der Waals surface area contributed by atoms with Crippen molar-refractivity contribution in [2.75, 3.05) is 0 Å². The zero-order valence-electron chi connectivity index (χ0n) is 22.0. The van der Waals surface area contributed by atoms with Crippen LogP contribution in [-0.2, 0) is 24.2 Å². The molecule has 6 rings (SSSR count). The lowest BCUT2D eigenvalue weighted by Crippen LogP contribution is -2.09. The van der Waals surface area contributed by atoms with Gasteiger partial charge in [-0.25, -0.2) is 14.9 Å². The van der Waals surface area contributed by atoms with Crippen molar-refractivity contribution in [1.82, 2.24) is 30.2 Å². The van der Waals surface area contributed by atoms with Crippen LogP contribution in [0.5, 0.6) is 0 Å². The molecule has 0 aliphatic heterocycles. The minimum atomic E-state index is -0.930. The minimum Gasteiger partial charge on any atom is -0.478 e. The van der Waals surface area contributed by atoms with E-state index in [1.54, 1.807) is 23.6 Å². The van der Waals surface area contributed by atoms with Crippen LogP contribution >= 0.6 is 27.3 Å². The van der Waals surface area contributed by atoms with Crippen molar-refractivity contribution in [3.63, 3.8) is 0 Å². The van der Waals surface area contributed by atoms with E-state index in [0.29, 0.717) is 30.1 Å². The highest BCUT2D eigenvalue weighted by atomic mass is 79.9. The predicted octanol–water partition coefficient (Wildman–Crippen LogP) is 7.01. The molecule has 0 aliphatic carbocycles. The summed E-state index contributed by atoms with van der Waals surface area (Å²) in [4.78, 5) is 17.8. The molecule has 11 heteroatoms. The zero-order chi connectivity index (χ0) is 28.3. The fourth-order valence-corrected chi connectivity index (χ4v) is 6.18. The van der Waals surface area contributed by atoms with E-state index in [2.05, 4.69) is 59.1 Å². The summed E-state index contributed by atoms with van der Waals surface area (Å²) in [5, 5.41) is 27.1. The largest absolute Gasteiger partial charge is 0.478 e. The van der Waals surface area contributed by atoms with Gasteiger partial charge in [0.15, 0.2) is 5.82 Å². The monoisotopic (exact) mass is 628 g/mol. The Morgan fingerprint density at radius 2 is 2.02 bits per heavy atom. The molecule has 0 atom stereocenters. The number of rotatable bonds is 10. The number of carboxylic acid groups (broad SMARTS) is 1. The molecule has 0 unspecified atom stereocenters. The summed E-state index contributed by atoms with van der Waals surface area (Å²) in [6, 6.07) is 17.8. The average molecular weight is 630 g/mol. The smallest absolute Gasteiger partial charge is 0.332 e. The van der Waals surface area contributed by atoms with Crippen molar-refractivity contribution in [2.45, 2.75) is 32.7 Å². The average Bonchev–Trinajstić information content (AvgIpc) is 3.79. The maximum absolute atomic E-state index is 12.1. The lowest BCUT2D eigenvalue weighted by Gasteiger charge is -2.11. The van der Waals surface area contributed by atoms with Crippen LogP contribution in [0.1, 0.15) is 35.3 Å². The second kappa shape index (κ2) is 11.6. The number of aromatic nitrogens is 6. The number of tetrazole rings is 1. The maximum Gasteiger partial charge on any atom is 0.332 e. The Balaban J connectivity index is 1.37. The first-order chi connectivity index (χ1) is 20.0. The summed E-state index contributed by atoms with van der Waals surface area (Å²) >= 11 is 5.33.